The average Bonchev–Trinajstić information content (AvgIpc) is 4.03. The van der Waals surface area contributed by atoms with E-state index in [4.69, 9.17) is 0 Å². The van der Waals surface area contributed by atoms with E-state index in [1.54, 1.807) is 40.3 Å². The Hall–Kier alpha value is -4.27. The first-order valence-electron chi connectivity index (χ1n) is 27.5. The molecular formula is C67H92O2. The van der Waals surface area contributed by atoms with E-state index in [-0.39, 0.29) is 5.92 Å². The Balaban J connectivity index is 0.000000142. The summed E-state index contributed by atoms with van der Waals surface area (Å²) in [5.74, 6) is 9.56. The highest BCUT2D eigenvalue weighted by molar-refractivity contribution is 5.81. The van der Waals surface area contributed by atoms with Crippen LogP contribution >= 0.6 is 0 Å². The Bertz CT molecular complexity index is 2360. The van der Waals surface area contributed by atoms with E-state index < -0.39 is 0 Å². The number of fused-ring (bicyclic) bond motifs is 5. The zero-order chi connectivity index (χ0) is 49.9. The fourth-order valence-corrected chi connectivity index (χ4v) is 13.8. The first kappa shape index (κ1) is 54.1. The van der Waals surface area contributed by atoms with Crippen LogP contribution in [0.1, 0.15) is 194 Å². The number of carbonyl (C=O) groups is 1. The number of aryl methyl sites for hydroxylation is 2. The number of ketones is 1. The second kappa shape index (κ2) is 25.2. The number of carbonyl (C=O) groups excluding carboxylic acids is 1. The maximum atomic E-state index is 11.6. The Morgan fingerprint density at radius 2 is 0.884 bits per heavy atom. The Morgan fingerprint density at radius 1 is 0.464 bits per heavy atom. The molecule has 0 aliphatic heterocycles. The topological polar surface area (TPSA) is 37.3 Å². The van der Waals surface area contributed by atoms with Gasteiger partial charge in [0.2, 0.25) is 0 Å². The van der Waals surface area contributed by atoms with Crippen LogP contribution in [0.3, 0.4) is 0 Å². The van der Waals surface area contributed by atoms with Gasteiger partial charge in [-0.15, -0.1) is 0 Å². The lowest BCUT2D eigenvalue weighted by atomic mass is 9.71. The second-order valence-electron chi connectivity index (χ2n) is 23.6. The molecule has 0 heterocycles. The van der Waals surface area contributed by atoms with E-state index >= 15 is 0 Å². The van der Waals surface area contributed by atoms with Crippen molar-refractivity contribution < 1.29 is 9.90 Å². The standard InChI is InChI=1S/C14H18O.C14H20.C13H18O.2C13H18/c1-9(2)14-12-7-5-4-6-11(12)8-13(14)10(3)15;1-10(2)14-11(3)8-9-12-6-4-5-7-13(12)14;1-9(2)12-7-10-5-3-4-6-11(10)13(12)8-14;1-9(2)13-10(3)8-11-6-4-5-7-12(11)13;1-10(2)12-9-5-7-11-6-3-4-8-13(11)12/h4-7,9,13-14H,8H2,1-3H3;4-7,10-11,14H,8-9H2,1-3H3;3-6,9,12-14H,7-8H2,1-2H3;4-7,9-10,13H,8H2,1-3H3;3-4,6,8,10,12H,5,7,9H2,1-2H3. The summed E-state index contributed by atoms with van der Waals surface area (Å²) in [6.07, 6.45) is 10.0. The second-order valence-corrected chi connectivity index (χ2v) is 23.6. The number of aliphatic hydroxyl groups is 1. The van der Waals surface area contributed by atoms with Gasteiger partial charge in [0.05, 0.1) is 6.61 Å². The van der Waals surface area contributed by atoms with Gasteiger partial charge in [0.25, 0.3) is 0 Å². The van der Waals surface area contributed by atoms with E-state index in [0.29, 0.717) is 42.0 Å². The molecule has 69 heavy (non-hydrogen) atoms. The summed E-state index contributed by atoms with van der Waals surface area (Å²) in [5, 5.41) is 9.43. The van der Waals surface area contributed by atoms with Crippen LogP contribution in [-0.2, 0) is 36.9 Å². The monoisotopic (exact) mass is 929 g/mol. The quantitative estimate of drug-likeness (QED) is 0.177. The summed E-state index contributed by atoms with van der Waals surface area (Å²) in [6.45, 7) is 29.8. The molecule has 2 heteroatoms. The molecule has 5 aliphatic carbocycles. The molecule has 0 aromatic heterocycles. The minimum absolute atomic E-state index is 0.211. The molecule has 0 bridgehead atoms. The molecule has 2 nitrogen and oxygen atoms in total. The van der Waals surface area contributed by atoms with Gasteiger partial charge < -0.3 is 5.11 Å². The smallest absolute Gasteiger partial charge is 0.133 e. The van der Waals surface area contributed by atoms with Gasteiger partial charge in [-0.05, 0) is 185 Å². The van der Waals surface area contributed by atoms with Crippen molar-refractivity contribution in [2.45, 2.75) is 171 Å². The highest BCUT2D eigenvalue weighted by atomic mass is 16.3. The van der Waals surface area contributed by atoms with Gasteiger partial charge in [0.1, 0.15) is 5.78 Å². The van der Waals surface area contributed by atoms with Gasteiger partial charge in [0, 0.05) is 11.8 Å². The van der Waals surface area contributed by atoms with Crippen molar-refractivity contribution in [2.24, 2.45) is 53.3 Å². The predicted molar refractivity (Wildman–Crippen MR) is 296 cm³/mol. The van der Waals surface area contributed by atoms with Crippen molar-refractivity contribution in [3.8, 4) is 0 Å². The fraction of sp³-hybridized carbons (Fsp3) is 0.537. The zero-order valence-corrected chi connectivity index (χ0v) is 45.3. The van der Waals surface area contributed by atoms with Gasteiger partial charge in [-0.3, -0.25) is 4.79 Å². The van der Waals surface area contributed by atoms with Gasteiger partial charge in [-0.2, -0.15) is 0 Å². The Morgan fingerprint density at radius 3 is 1.38 bits per heavy atom. The first-order chi connectivity index (χ1) is 33.0. The maximum absolute atomic E-state index is 11.6. The Labute approximate surface area is 421 Å². The largest absolute Gasteiger partial charge is 0.396 e. The highest BCUT2D eigenvalue weighted by Gasteiger charge is 2.37. The SMILES string of the molecule is CC(=O)C1Cc2ccccc2C1C(C)C.CC(C)C1CCCc2ccccc21.CC(C)C1Cc2ccccc2C1CO.CC(C)C1c2ccccc2CC1C.CC(C)C1c2ccccc2CCC1C. The summed E-state index contributed by atoms with van der Waals surface area (Å²) in [5.41, 5.74) is 15.2. The molecule has 9 atom stereocenters. The summed E-state index contributed by atoms with van der Waals surface area (Å²) >= 11 is 0. The fourth-order valence-electron chi connectivity index (χ4n) is 13.8. The van der Waals surface area contributed by atoms with Gasteiger partial charge in [-0.1, -0.05) is 204 Å². The van der Waals surface area contributed by atoms with Crippen molar-refractivity contribution in [1.29, 1.82) is 0 Å². The van der Waals surface area contributed by atoms with Crippen LogP contribution in [0.2, 0.25) is 0 Å². The van der Waals surface area contributed by atoms with Crippen LogP contribution < -0.4 is 0 Å². The van der Waals surface area contributed by atoms with E-state index in [0.717, 1.165) is 60.2 Å². The minimum Gasteiger partial charge on any atom is -0.396 e. The number of hydrogen-bond acceptors (Lipinski definition) is 2. The van der Waals surface area contributed by atoms with E-state index in [1.807, 2.05) is 0 Å². The van der Waals surface area contributed by atoms with Crippen molar-refractivity contribution in [3.05, 3.63) is 177 Å². The van der Waals surface area contributed by atoms with E-state index in [1.165, 1.54) is 60.8 Å². The number of rotatable bonds is 7. The lowest BCUT2D eigenvalue weighted by molar-refractivity contribution is -0.121. The maximum Gasteiger partial charge on any atom is 0.133 e. The van der Waals surface area contributed by atoms with Crippen LogP contribution in [-0.4, -0.2) is 17.5 Å². The van der Waals surface area contributed by atoms with Gasteiger partial charge in [-0.25, -0.2) is 0 Å². The van der Waals surface area contributed by atoms with Crippen molar-refractivity contribution in [3.63, 3.8) is 0 Å². The summed E-state index contributed by atoms with van der Waals surface area (Å²) in [7, 11) is 0. The van der Waals surface area contributed by atoms with Gasteiger partial charge >= 0.3 is 0 Å². The van der Waals surface area contributed by atoms with E-state index in [2.05, 4.69) is 204 Å². The predicted octanol–water partition coefficient (Wildman–Crippen LogP) is 17.2. The third-order valence-corrected chi connectivity index (χ3v) is 17.1. The van der Waals surface area contributed by atoms with Crippen LogP contribution in [0.25, 0.3) is 0 Å². The number of aliphatic hydroxyl groups excluding tert-OH is 1. The third kappa shape index (κ3) is 13.2. The van der Waals surface area contributed by atoms with Gasteiger partial charge in [0.15, 0.2) is 0 Å². The molecule has 0 saturated carbocycles. The van der Waals surface area contributed by atoms with E-state index in [9.17, 15) is 9.90 Å². The Kier molecular flexibility index (Phi) is 19.8. The minimum atomic E-state index is 0.211. The average molecular weight is 929 g/mol. The number of benzene rings is 5. The highest BCUT2D eigenvalue weighted by Crippen LogP contribution is 2.45. The molecule has 1 N–H and O–H groups in total. The van der Waals surface area contributed by atoms with Crippen LogP contribution in [0, 0.1) is 53.3 Å². The lowest BCUT2D eigenvalue weighted by Gasteiger charge is -2.34. The van der Waals surface area contributed by atoms with Crippen LogP contribution in [0.4, 0.5) is 0 Å². The van der Waals surface area contributed by atoms with Crippen molar-refractivity contribution in [1.82, 2.24) is 0 Å². The molecule has 10 rings (SSSR count). The molecule has 9 unspecified atom stereocenters. The number of hydrogen-bond donors (Lipinski definition) is 1. The molecule has 0 radical (unpaired) electrons. The van der Waals surface area contributed by atoms with Crippen LogP contribution in [0.15, 0.2) is 121 Å². The van der Waals surface area contributed by atoms with Crippen molar-refractivity contribution >= 4 is 5.78 Å². The molecule has 0 spiro atoms. The van der Waals surface area contributed by atoms with Crippen LogP contribution in [0.5, 0.6) is 0 Å². The summed E-state index contributed by atoms with van der Waals surface area (Å²) < 4.78 is 0. The third-order valence-electron chi connectivity index (χ3n) is 17.1. The molecule has 5 aromatic rings. The molecule has 0 amide bonds. The molecular weight excluding hydrogens is 837 g/mol. The molecule has 372 valence electrons. The lowest BCUT2D eigenvalue weighted by Crippen LogP contribution is -2.22. The summed E-state index contributed by atoms with van der Waals surface area (Å²) in [4.78, 5) is 11.6. The van der Waals surface area contributed by atoms with Crippen molar-refractivity contribution in [2.75, 3.05) is 6.61 Å². The molecule has 5 aromatic carbocycles. The molecule has 0 fully saturated rings. The number of Topliss-reactive ketones (excluding diaryl/α,β-unsaturated/α-hetero) is 1. The zero-order valence-electron chi connectivity index (χ0n) is 45.3. The molecule has 0 saturated heterocycles. The first-order valence-corrected chi connectivity index (χ1v) is 27.5. The normalized spacial score (nSPS) is 24.8. The summed E-state index contributed by atoms with van der Waals surface area (Å²) in [6, 6.07) is 43.9. The molecule has 5 aliphatic rings.